The lowest BCUT2D eigenvalue weighted by Crippen LogP contribution is -2.27. The monoisotopic (exact) mass is 405 g/mol. The Kier molecular flexibility index (Phi) is 5.52. The van der Waals surface area contributed by atoms with Gasteiger partial charge in [0.2, 0.25) is 0 Å². The number of amides is 1. The van der Waals surface area contributed by atoms with Crippen molar-refractivity contribution in [3.05, 3.63) is 59.4 Å². The number of carbonyl (C=O) groups excluding carboxylic acids is 1. The van der Waals surface area contributed by atoms with Gasteiger partial charge in [0.05, 0.1) is 33.9 Å². The Morgan fingerprint density at radius 2 is 2.04 bits per heavy atom. The van der Waals surface area contributed by atoms with Gasteiger partial charge in [-0.25, -0.2) is 8.42 Å². The molecule has 1 aromatic carbocycles. The van der Waals surface area contributed by atoms with Gasteiger partial charge in [0.15, 0.2) is 9.84 Å². The van der Waals surface area contributed by atoms with E-state index >= 15 is 0 Å². The highest BCUT2D eigenvalue weighted by atomic mass is 35.5. The quantitative estimate of drug-likeness (QED) is 0.670. The number of carbonyl (C=O) groups is 1. The van der Waals surface area contributed by atoms with E-state index in [2.05, 4.69) is 20.6 Å². The Morgan fingerprint density at radius 3 is 2.74 bits per heavy atom. The van der Waals surface area contributed by atoms with Crippen molar-refractivity contribution in [3.8, 4) is 11.4 Å². The van der Waals surface area contributed by atoms with Crippen LogP contribution in [-0.2, 0) is 16.4 Å². The molecule has 0 aliphatic carbocycles. The normalized spacial score (nSPS) is 11.3. The third-order valence-electron chi connectivity index (χ3n) is 3.70. The molecule has 10 heteroatoms. The van der Waals surface area contributed by atoms with Gasteiger partial charge in [-0.15, -0.1) is 5.10 Å². The highest BCUT2D eigenvalue weighted by Crippen LogP contribution is 2.20. The summed E-state index contributed by atoms with van der Waals surface area (Å²) < 4.78 is 24.9. The van der Waals surface area contributed by atoms with Gasteiger partial charge in [-0.1, -0.05) is 22.9 Å². The van der Waals surface area contributed by atoms with E-state index in [-0.39, 0.29) is 22.0 Å². The maximum absolute atomic E-state index is 12.3. The molecule has 0 aliphatic rings. The summed E-state index contributed by atoms with van der Waals surface area (Å²) in [5.74, 6) is -0.462. The lowest BCUT2D eigenvalue weighted by Gasteiger charge is -2.08. The summed E-state index contributed by atoms with van der Waals surface area (Å²) >= 11 is 6.02. The molecule has 0 saturated carbocycles. The fourth-order valence-corrected chi connectivity index (χ4v) is 3.18. The van der Waals surface area contributed by atoms with Crippen molar-refractivity contribution >= 4 is 27.3 Å². The van der Waals surface area contributed by atoms with Crippen LogP contribution in [0.3, 0.4) is 0 Å². The minimum Gasteiger partial charge on any atom is -0.350 e. The van der Waals surface area contributed by atoms with Gasteiger partial charge in [0.25, 0.3) is 5.91 Å². The second kappa shape index (κ2) is 7.85. The van der Waals surface area contributed by atoms with Crippen LogP contribution in [0.4, 0.5) is 0 Å². The Balaban J connectivity index is 1.63. The molecular formula is C17H16ClN5O3S. The Labute approximate surface area is 161 Å². The summed E-state index contributed by atoms with van der Waals surface area (Å²) in [6.07, 6.45) is 4.47. The molecule has 0 radical (unpaired) electrons. The van der Waals surface area contributed by atoms with Crippen molar-refractivity contribution in [2.45, 2.75) is 11.4 Å². The highest BCUT2D eigenvalue weighted by Gasteiger charge is 2.15. The first-order valence-electron chi connectivity index (χ1n) is 7.94. The first kappa shape index (κ1) is 19.0. The number of rotatable bonds is 6. The van der Waals surface area contributed by atoms with Crippen molar-refractivity contribution in [2.24, 2.45) is 0 Å². The molecule has 1 amide bonds. The van der Waals surface area contributed by atoms with E-state index in [0.29, 0.717) is 17.9 Å². The highest BCUT2D eigenvalue weighted by molar-refractivity contribution is 7.90. The van der Waals surface area contributed by atoms with Crippen LogP contribution >= 0.6 is 11.6 Å². The largest absolute Gasteiger partial charge is 0.350 e. The van der Waals surface area contributed by atoms with Crippen LogP contribution in [0, 0.1) is 0 Å². The molecule has 3 rings (SSSR count). The summed E-state index contributed by atoms with van der Waals surface area (Å²) in [6.45, 7) is 0.651. The van der Waals surface area contributed by atoms with Gasteiger partial charge in [-0.05, 0) is 30.3 Å². The maximum atomic E-state index is 12.3. The summed E-state index contributed by atoms with van der Waals surface area (Å²) in [4.78, 5) is 16.6. The molecule has 0 atom stereocenters. The number of pyridine rings is 1. The Hall–Kier alpha value is -2.78. The predicted molar refractivity (Wildman–Crippen MR) is 100 cm³/mol. The standard InChI is InChI=1S/C17H16ClN5O3S/c1-27(25,26)12-5-6-14(18)13(10-12)17(24)20-8-9-23-11-16(21-22-23)15-4-2-3-7-19-15/h2-7,10-11H,8-9H2,1H3,(H,20,24). The van der Waals surface area contributed by atoms with Crippen LogP contribution < -0.4 is 5.32 Å². The molecule has 0 spiro atoms. The van der Waals surface area contributed by atoms with Gasteiger partial charge in [0.1, 0.15) is 5.69 Å². The Morgan fingerprint density at radius 1 is 1.22 bits per heavy atom. The van der Waals surface area contributed by atoms with Crippen molar-refractivity contribution in [1.29, 1.82) is 0 Å². The van der Waals surface area contributed by atoms with Gasteiger partial charge in [-0.3, -0.25) is 14.5 Å². The number of benzene rings is 1. The van der Waals surface area contributed by atoms with Crippen LogP contribution in [0.25, 0.3) is 11.4 Å². The molecule has 1 N–H and O–H groups in total. The fraction of sp³-hybridized carbons (Fsp3) is 0.176. The first-order chi connectivity index (χ1) is 12.8. The average Bonchev–Trinajstić information content (AvgIpc) is 3.10. The first-order valence-corrected chi connectivity index (χ1v) is 10.2. The molecule has 0 aliphatic heterocycles. The van der Waals surface area contributed by atoms with Crippen molar-refractivity contribution in [3.63, 3.8) is 0 Å². The number of aromatic nitrogens is 4. The van der Waals surface area contributed by atoms with Crippen LogP contribution in [0.1, 0.15) is 10.4 Å². The smallest absolute Gasteiger partial charge is 0.252 e. The summed E-state index contributed by atoms with van der Waals surface area (Å²) in [7, 11) is -3.43. The molecule has 0 unspecified atom stereocenters. The summed E-state index contributed by atoms with van der Waals surface area (Å²) in [5, 5.41) is 10.9. The van der Waals surface area contributed by atoms with E-state index < -0.39 is 15.7 Å². The zero-order valence-corrected chi connectivity index (χ0v) is 15.9. The van der Waals surface area contributed by atoms with E-state index in [4.69, 9.17) is 11.6 Å². The van der Waals surface area contributed by atoms with Crippen LogP contribution in [0.2, 0.25) is 5.02 Å². The molecule has 0 fully saturated rings. The van der Waals surface area contributed by atoms with Gasteiger partial charge in [-0.2, -0.15) is 0 Å². The predicted octanol–water partition coefficient (Wildman–Crippen LogP) is 1.83. The summed E-state index contributed by atoms with van der Waals surface area (Å²) in [6, 6.07) is 9.52. The van der Waals surface area contributed by atoms with Crippen molar-refractivity contribution in [2.75, 3.05) is 12.8 Å². The van der Waals surface area contributed by atoms with E-state index in [0.717, 1.165) is 6.26 Å². The number of halogens is 1. The van der Waals surface area contributed by atoms with E-state index in [1.807, 2.05) is 18.2 Å². The minimum absolute atomic E-state index is 0.0355. The molecule has 0 saturated heterocycles. The average molecular weight is 406 g/mol. The molecule has 8 nitrogen and oxygen atoms in total. The molecule has 2 aromatic heterocycles. The van der Waals surface area contributed by atoms with Gasteiger partial charge < -0.3 is 5.32 Å². The number of nitrogens with zero attached hydrogens (tertiary/aromatic N) is 4. The second-order valence-corrected chi connectivity index (χ2v) is 8.17. The number of hydrogen-bond acceptors (Lipinski definition) is 6. The molecule has 0 bridgehead atoms. The Bertz CT molecular complexity index is 1070. The number of sulfone groups is 1. The lowest BCUT2D eigenvalue weighted by atomic mass is 10.2. The number of nitrogens with one attached hydrogen (secondary N) is 1. The van der Waals surface area contributed by atoms with Crippen molar-refractivity contribution in [1.82, 2.24) is 25.3 Å². The molecule has 3 aromatic rings. The molecule has 27 heavy (non-hydrogen) atoms. The van der Waals surface area contributed by atoms with Crippen molar-refractivity contribution < 1.29 is 13.2 Å². The van der Waals surface area contributed by atoms with E-state index in [9.17, 15) is 13.2 Å². The third-order valence-corrected chi connectivity index (χ3v) is 5.14. The molecular weight excluding hydrogens is 390 g/mol. The zero-order chi connectivity index (χ0) is 19.4. The SMILES string of the molecule is CS(=O)(=O)c1ccc(Cl)c(C(=O)NCCn2cc(-c3ccccn3)nn2)c1. The van der Waals surface area contributed by atoms with Gasteiger partial charge >= 0.3 is 0 Å². The van der Waals surface area contributed by atoms with Gasteiger partial charge in [0, 0.05) is 19.0 Å². The fourth-order valence-electron chi connectivity index (χ4n) is 2.33. The van der Waals surface area contributed by atoms with Crippen LogP contribution in [0.15, 0.2) is 53.7 Å². The maximum Gasteiger partial charge on any atom is 0.252 e. The topological polar surface area (TPSA) is 107 Å². The van der Waals surface area contributed by atoms with E-state index in [1.54, 1.807) is 17.1 Å². The minimum atomic E-state index is -3.43. The summed E-state index contributed by atoms with van der Waals surface area (Å²) in [5.41, 5.74) is 1.44. The molecule has 140 valence electrons. The third kappa shape index (κ3) is 4.69. The van der Waals surface area contributed by atoms with Crippen LogP contribution in [0.5, 0.6) is 0 Å². The van der Waals surface area contributed by atoms with Crippen LogP contribution in [-0.4, -0.2) is 47.1 Å². The molecule has 2 heterocycles. The van der Waals surface area contributed by atoms with E-state index in [1.165, 1.54) is 18.2 Å². The zero-order valence-electron chi connectivity index (χ0n) is 14.3. The lowest BCUT2D eigenvalue weighted by molar-refractivity contribution is 0.0952. The second-order valence-electron chi connectivity index (χ2n) is 5.75. The number of hydrogen-bond donors (Lipinski definition) is 1.